The summed E-state index contributed by atoms with van der Waals surface area (Å²) in [6.07, 6.45) is 23.4. The minimum absolute atomic E-state index is 0.767. The van der Waals surface area contributed by atoms with Gasteiger partial charge in [0.05, 0.1) is 6.61 Å². The minimum Gasteiger partial charge on any atom is -0.494 e. The number of ether oxygens (including phenoxy) is 1. The number of hydrogen-bond donors (Lipinski definition) is 0. The molecular formula is C27H40N2O. The molecule has 0 aliphatic heterocycles. The number of benzene rings is 1. The molecule has 1 aromatic heterocycles. The summed E-state index contributed by atoms with van der Waals surface area (Å²) in [6, 6.07) is 8.12. The van der Waals surface area contributed by atoms with Crippen molar-refractivity contribution in [1.29, 1.82) is 0 Å². The van der Waals surface area contributed by atoms with Crippen LogP contribution in [-0.4, -0.2) is 16.6 Å². The van der Waals surface area contributed by atoms with Gasteiger partial charge in [-0.2, -0.15) is 0 Å². The SMILES string of the molecule is CC/C=C\CCCCOc1ccc(-c2ncc(CCCCCCCCC)cn2)cc1. The number of unbranched alkanes of at least 4 members (excludes halogenated alkanes) is 8. The molecule has 0 saturated heterocycles. The Labute approximate surface area is 184 Å². The van der Waals surface area contributed by atoms with E-state index in [1.54, 1.807) is 0 Å². The molecule has 0 bridgehead atoms. The van der Waals surface area contributed by atoms with Gasteiger partial charge in [0.15, 0.2) is 5.82 Å². The molecule has 3 heteroatoms. The summed E-state index contributed by atoms with van der Waals surface area (Å²) in [7, 11) is 0. The predicted molar refractivity (Wildman–Crippen MR) is 128 cm³/mol. The maximum Gasteiger partial charge on any atom is 0.159 e. The second kappa shape index (κ2) is 15.6. The highest BCUT2D eigenvalue weighted by Crippen LogP contribution is 2.20. The third-order valence-electron chi connectivity index (χ3n) is 5.32. The molecule has 0 unspecified atom stereocenters. The molecule has 0 aliphatic rings. The lowest BCUT2D eigenvalue weighted by molar-refractivity contribution is 0.307. The third kappa shape index (κ3) is 10.0. The largest absolute Gasteiger partial charge is 0.494 e. The molecule has 0 atom stereocenters. The van der Waals surface area contributed by atoms with Crippen LogP contribution < -0.4 is 4.74 Å². The van der Waals surface area contributed by atoms with E-state index in [2.05, 4.69) is 36.0 Å². The molecule has 0 amide bonds. The summed E-state index contributed by atoms with van der Waals surface area (Å²) in [4.78, 5) is 9.14. The Kier molecular flexibility index (Phi) is 12.6. The van der Waals surface area contributed by atoms with Crippen LogP contribution in [0, 0.1) is 0 Å². The average Bonchev–Trinajstić information content (AvgIpc) is 2.79. The minimum atomic E-state index is 0.767. The molecule has 30 heavy (non-hydrogen) atoms. The van der Waals surface area contributed by atoms with E-state index in [0.29, 0.717) is 0 Å². The second-order valence-corrected chi connectivity index (χ2v) is 8.03. The lowest BCUT2D eigenvalue weighted by atomic mass is 10.1. The number of hydrogen-bond acceptors (Lipinski definition) is 3. The van der Waals surface area contributed by atoms with Crippen LogP contribution in [0.1, 0.15) is 90.0 Å². The Morgan fingerprint density at radius 2 is 1.47 bits per heavy atom. The highest BCUT2D eigenvalue weighted by molar-refractivity contribution is 5.55. The molecule has 0 N–H and O–H groups in total. The van der Waals surface area contributed by atoms with Gasteiger partial charge in [-0.05, 0) is 68.4 Å². The molecule has 0 radical (unpaired) electrons. The quantitative estimate of drug-likeness (QED) is 0.209. The first-order valence-corrected chi connectivity index (χ1v) is 12.0. The second-order valence-electron chi connectivity index (χ2n) is 8.03. The van der Waals surface area contributed by atoms with Gasteiger partial charge >= 0.3 is 0 Å². The molecule has 3 nitrogen and oxygen atoms in total. The van der Waals surface area contributed by atoms with E-state index >= 15 is 0 Å². The topological polar surface area (TPSA) is 35.0 Å². The fourth-order valence-corrected chi connectivity index (χ4v) is 3.46. The van der Waals surface area contributed by atoms with Gasteiger partial charge in [-0.25, -0.2) is 9.97 Å². The van der Waals surface area contributed by atoms with Crippen molar-refractivity contribution in [3.63, 3.8) is 0 Å². The summed E-state index contributed by atoms with van der Waals surface area (Å²) in [5, 5.41) is 0. The smallest absolute Gasteiger partial charge is 0.159 e. The van der Waals surface area contributed by atoms with Gasteiger partial charge in [0.25, 0.3) is 0 Å². The fraction of sp³-hybridized carbons (Fsp3) is 0.556. The van der Waals surface area contributed by atoms with Crippen molar-refractivity contribution in [2.24, 2.45) is 0 Å². The first kappa shape index (κ1) is 24.1. The number of allylic oxidation sites excluding steroid dienone is 2. The fourth-order valence-electron chi connectivity index (χ4n) is 3.46. The monoisotopic (exact) mass is 408 g/mol. The van der Waals surface area contributed by atoms with Crippen LogP contribution in [0.4, 0.5) is 0 Å². The number of aromatic nitrogens is 2. The highest BCUT2D eigenvalue weighted by Gasteiger charge is 2.03. The molecule has 0 saturated carbocycles. The van der Waals surface area contributed by atoms with E-state index < -0.39 is 0 Å². The molecule has 1 heterocycles. The Morgan fingerprint density at radius 1 is 0.767 bits per heavy atom. The number of rotatable bonds is 16. The summed E-state index contributed by atoms with van der Waals surface area (Å²) in [5.41, 5.74) is 2.27. The van der Waals surface area contributed by atoms with Gasteiger partial charge in [-0.1, -0.05) is 64.5 Å². The molecule has 164 valence electrons. The molecule has 0 fully saturated rings. The summed E-state index contributed by atoms with van der Waals surface area (Å²) in [6.45, 7) is 5.20. The van der Waals surface area contributed by atoms with Crippen molar-refractivity contribution in [2.75, 3.05) is 6.61 Å². The Hall–Kier alpha value is -2.16. The van der Waals surface area contributed by atoms with Gasteiger partial charge in [-0.3, -0.25) is 0 Å². The maximum atomic E-state index is 5.84. The lowest BCUT2D eigenvalue weighted by Crippen LogP contribution is -1.97. The van der Waals surface area contributed by atoms with Crippen LogP contribution in [0.15, 0.2) is 48.8 Å². The van der Waals surface area contributed by atoms with Crippen LogP contribution in [0.3, 0.4) is 0 Å². The van der Waals surface area contributed by atoms with Gasteiger partial charge in [0, 0.05) is 18.0 Å². The van der Waals surface area contributed by atoms with Gasteiger partial charge in [-0.15, -0.1) is 0 Å². The van der Waals surface area contributed by atoms with E-state index in [9.17, 15) is 0 Å². The number of aryl methyl sites for hydroxylation is 1. The van der Waals surface area contributed by atoms with Crippen molar-refractivity contribution >= 4 is 0 Å². The number of nitrogens with zero attached hydrogens (tertiary/aromatic N) is 2. The summed E-state index contributed by atoms with van der Waals surface area (Å²) in [5.74, 6) is 1.70. The molecule has 0 spiro atoms. The Bertz CT molecular complexity index is 692. The average molecular weight is 409 g/mol. The van der Waals surface area contributed by atoms with Crippen LogP contribution in [-0.2, 0) is 6.42 Å². The third-order valence-corrected chi connectivity index (χ3v) is 5.32. The normalized spacial score (nSPS) is 11.3. The van der Waals surface area contributed by atoms with Crippen molar-refractivity contribution in [3.05, 3.63) is 54.4 Å². The first-order valence-electron chi connectivity index (χ1n) is 12.0. The first-order chi connectivity index (χ1) is 14.8. The zero-order valence-electron chi connectivity index (χ0n) is 19.1. The van der Waals surface area contributed by atoms with Gasteiger partial charge in [0.1, 0.15) is 5.75 Å². The Morgan fingerprint density at radius 3 is 2.17 bits per heavy atom. The van der Waals surface area contributed by atoms with Crippen molar-refractivity contribution in [1.82, 2.24) is 9.97 Å². The van der Waals surface area contributed by atoms with E-state index in [-0.39, 0.29) is 0 Å². The van der Waals surface area contributed by atoms with Crippen molar-refractivity contribution in [3.8, 4) is 17.1 Å². The summed E-state index contributed by atoms with van der Waals surface area (Å²) >= 11 is 0. The maximum absolute atomic E-state index is 5.84. The molecule has 0 aliphatic carbocycles. The highest BCUT2D eigenvalue weighted by atomic mass is 16.5. The van der Waals surface area contributed by atoms with E-state index in [4.69, 9.17) is 4.74 Å². The van der Waals surface area contributed by atoms with Crippen LogP contribution in [0.5, 0.6) is 5.75 Å². The Balaban J connectivity index is 1.67. The summed E-state index contributed by atoms with van der Waals surface area (Å²) < 4.78 is 5.84. The van der Waals surface area contributed by atoms with Crippen LogP contribution in [0.25, 0.3) is 11.4 Å². The molecular weight excluding hydrogens is 368 g/mol. The van der Waals surface area contributed by atoms with Crippen LogP contribution >= 0.6 is 0 Å². The van der Waals surface area contributed by atoms with E-state index in [1.165, 1.54) is 56.9 Å². The zero-order valence-corrected chi connectivity index (χ0v) is 19.1. The van der Waals surface area contributed by atoms with Gasteiger partial charge < -0.3 is 4.74 Å². The molecule has 2 aromatic rings. The van der Waals surface area contributed by atoms with Gasteiger partial charge in [0.2, 0.25) is 0 Å². The molecule has 1 aromatic carbocycles. The van der Waals surface area contributed by atoms with Crippen LogP contribution in [0.2, 0.25) is 0 Å². The lowest BCUT2D eigenvalue weighted by Gasteiger charge is -2.07. The molecule has 2 rings (SSSR count). The zero-order chi connectivity index (χ0) is 21.3. The predicted octanol–water partition coefficient (Wildman–Crippen LogP) is 7.95. The van der Waals surface area contributed by atoms with Crippen molar-refractivity contribution in [2.45, 2.75) is 90.9 Å². The van der Waals surface area contributed by atoms with Crippen molar-refractivity contribution < 1.29 is 4.74 Å². The van der Waals surface area contributed by atoms with E-state index in [1.807, 2.05) is 36.7 Å². The van der Waals surface area contributed by atoms with E-state index in [0.717, 1.165) is 49.4 Å². The standard InChI is InChI=1S/C27H40N2O/c1-3-5-7-9-11-12-14-16-24-22-28-27(29-23-24)25-17-19-26(20-18-25)30-21-15-13-10-8-6-4-2/h6,8,17-20,22-23H,3-5,7,9-16,21H2,1-2H3/b8-6-.